The number of hydrogen-bond acceptors (Lipinski definition) is 3. The first-order valence-corrected chi connectivity index (χ1v) is 10.3. The molecular weight excluding hydrogens is 344 g/mol. The first kappa shape index (κ1) is 23.2. The zero-order chi connectivity index (χ0) is 20.6. The van der Waals surface area contributed by atoms with Crippen LogP contribution in [0.1, 0.15) is 67.2 Å². The second-order valence-electron chi connectivity index (χ2n) is 8.37. The summed E-state index contributed by atoms with van der Waals surface area (Å²) in [4.78, 5) is 40.5. The molecule has 0 unspecified atom stereocenters. The van der Waals surface area contributed by atoms with E-state index in [2.05, 4.69) is 10.6 Å². The maximum Gasteiger partial charge on any atom is 0.318 e. The van der Waals surface area contributed by atoms with Crippen LogP contribution < -0.4 is 10.6 Å². The van der Waals surface area contributed by atoms with Crippen molar-refractivity contribution >= 4 is 17.8 Å². The zero-order valence-electron chi connectivity index (χ0n) is 17.9. The second kappa shape index (κ2) is 10.5. The maximum absolute atomic E-state index is 12.5. The zero-order valence-corrected chi connectivity index (χ0v) is 17.9. The van der Waals surface area contributed by atoms with Crippen molar-refractivity contribution in [3.8, 4) is 0 Å². The summed E-state index contributed by atoms with van der Waals surface area (Å²) in [6, 6.07) is -0.172. The molecule has 1 rings (SSSR count). The van der Waals surface area contributed by atoms with Gasteiger partial charge in [0.05, 0.1) is 0 Å². The van der Waals surface area contributed by atoms with Crippen LogP contribution in [0.2, 0.25) is 0 Å². The molecule has 7 nitrogen and oxygen atoms in total. The fourth-order valence-corrected chi connectivity index (χ4v) is 3.36. The molecule has 0 aromatic heterocycles. The lowest BCUT2D eigenvalue weighted by Crippen LogP contribution is -2.53. The van der Waals surface area contributed by atoms with Gasteiger partial charge >= 0.3 is 6.03 Å². The van der Waals surface area contributed by atoms with E-state index in [1.165, 1.54) is 4.90 Å². The number of nitrogens with one attached hydrogen (secondary N) is 2. The Morgan fingerprint density at radius 2 is 1.63 bits per heavy atom. The number of urea groups is 1. The Morgan fingerprint density at radius 1 is 1.07 bits per heavy atom. The highest BCUT2D eigenvalue weighted by Gasteiger charge is 2.28. The number of rotatable bonds is 7. The van der Waals surface area contributed by atoms with Gasteiger partial charge in [-0.05, 0) is 53.4 Å². The second-order valence-corrected chi connectivity index (χ2v) is 8.37. The van der Waals surface area contributed by atoms with E-state index in [0.29, 0.717) is 19.6 Å². The van der Waals surface area contributed by atoms with Crippen LogP contribution in [0.5, 0.6) is 0 Å². The van der Waals surface area contributed by atoms with Crippen molar-refractivity contribution in [2.45, 2.75) is 78.8 Å². The van der Waals surface area contributed by atoms with E-state index in [1.807, 2.05) is 46.4 Å². The summed E-state index contributed by atoms with van der Waals surface area (Å²) in [5.74, 6) is 0.178. The Labute approximate surface area is 164 Å². The predicted molar refractivity (Wildman–Crippen MR) is 107 cm³/mol. The number of likely N-dealkylation sites (N-methyl/N-ethyl adjacent to an activating group) is 1. The average molecular weight is 383 g/mol. The van der Waals surface area contributed by atoms with Gasteiger partial charge in [0, 0.05) is 37.1 Å². The van der Waals surface area contributed by atoms with Gasteiger partial charge in [0.2, 0.25) is 11.8 Å². The molecule has 7 heteroatoms. The third-order valence-corrected chi connectivity index (χ3v) is 4.99. The van der Waals surface area contributed by atoms with Crippen molar-refractivity contribution in [3.05, 3.63) is 0 Å². The first-order chi connectivity index (χ1) is 12.6. The van der Waals surface area contributed by atoms with Crippen LogP contribution in [0.15, 0.2) is 0 Å². The van der Waals surface area contributed by atoms with Crippen LogP contribution >= 0.6 is 0 Å². The smallest absolute Gasteiger partial charge is 0.318 e. The lowest BCUT2D eigenvalue weighted by Gasteiger charge is -2.35. The monoisotopic (exact) mass is 382 g/mol. The van der Waals surface area contributed by atoms with E-state index in [4.69, 9.17) is 0 Å². The fraction of sp³-hybridized carbons (Fsp3) is 0.850. The number of carbonyl (C=O) groups is 3. The van der Waals surface area contributed by atoms with Gasteiger partial charge in [-0.3, -0.25) is 9.59 Å². The molecular formula is C20H38N4O3. The molecule has 1 fully saturated rings. The first-order valence-electron chi connectivity index (χ1n) is 10.3. The average Bonchev–Trinajstić information content (AvgIpc) is 2.59. The van der Waals surface area contributed by atoms with Gasteiger partial charge in [0.1, 0.15) is 6.54 Å². The highest BCUT2D eigenvalue weighted by atomic mass is 16.2. The SMILES string of the molecule is CCC(CC)C(=O)N1CCC(NC(=O)N(CC)CC(=O)NC(C)(C)C)CC1. The summed E-state index contributed by atoms with van der Waals surface area (Å²) in [5.41, 5.74) is -0.318. The normalized spacial score (nSPS) is 15.6. The van der Waals surface area contributed by atoms with Crippen molar-refractivity contribution in [2.24, 2.45) is 5.92 Å². The van der Waals surface area contributed by atoms with E-state index >= 15 is 0 Å². The highest BCUT2D eigenvalue weighted by Crippen LogP contribution is 2.17. The van der Waals surface area contributed by atoms with Crippen LogP contribution in [0.3, 0.4) is 0 Å². The molecule has 1 aliphatic rings. The minimum Gasteiger partial charge on any atom is -0.350 e. The molecule has 0 spiro atoms. The third kappa shape index (κ3) is 7.77. The molecule has 156 valence electrons. The summed E-state index contributed by atoms with van der Waals surface area (Å²) in [7, 11) is 0. The largest absolute Gasteiger partial charge is 0.350 e. The topological polar surface area (TPSA) is 81.8 Å². The summed E-state index contributed by atoms with van der Waals surface area (Å²) in [6.45, 7) is 13.6. The van der Waals surface area contributed by atoms with Gasteiger partial charge in [-0.1, -0.05) is 13.8 Å². The van der Waals surface area contributed by atoms with Crippen LogP contribution in [0, 0.1) is 5.92 Å². The number of likely N-dealkylation sites (tertiary alicyclic amines) is 1. The molecule has 0 bridgehead atoms. The maximum atomic E-state index is 12.5. The molecule has 1 heterocycles. The molecule has 0 aromatic carbocycles. The molecule has 1 saturated heterocycles. The predicted octanol–water partition coefficient (Wildman–Crippen LogP) is 2.36. The van der Waals surface area contributed by atoms with Gasteiger partial charge in [0.25, 0.3) is 0 Å². The number of hydrogen-bond donors (Lipinski definition) is 2. The Hall–Kier alpha value is -1.79. The molecule has 0 atom stereocenters. The molecule has 27 heavy (non-hydrogen) atoms. The van der Waals surface area contributed by atoms with Gasteiger partial charge in [-0.2, -0.15) is 0 Å². The summed E-state index contributed by atoms with van der Waals surface area (Å²) in [5, 5.41) is 5.90. The van der Waals surface area contributed by atoms with E-state index in [9.17, 15) is 14.4 Å². The van der Waals surface area contributed by atoms with Crippen molar-refractivity contribution in [3.63, 3.8) is 0 Å². The van der Waals surface area contributed by atoms with Crippen LogP contribution in [0.4, 0.5) is 4.79 Å². The van der Waals surface area contributed by atoms with Crippen molar-refractivity contribution in [2.75, 3.05) is 26.2 Å². The minimum absolute atomic E-state index is 0.0444. The Balaban J connectivity index is 2.48. The molecule has 2 N–H and O–H groups in total. The van der Waals surface area contributed by atoms with Crippen LogP contribution in [-0.2, 0) is 9.59 Å². The standard InChI is InChI=1S/C20H38N4O3/c1-7-15(8-2)18(26)24-12-10-16(11-13-24)21-19(27)23(9-3)14-17(25)22-20(4,5)6/h15-16H,7-14H2,1-6H3,(H,21,27)(H,22,25). The van der Waals surface area contributed by atoms with Gasteiger partial charge < -0.3 is 20.4 Å². The molecule has 1 aliphatic heterocycles. The molecule has 4 amide bonds. The molecule has 0 aliphatic carbocycles. The quantitative estimate of drug-likeness (QED) is 0.709. The Morgan fingerprint density at radius 3 is 2.07 bits per heavy atom. The molecule has 0 saturated carbocycles. The summed E-state index contributed by atoms with van der Waals surface area (Å²) < 4.78 is 0. The number of amides is 4. The van der Waals surface area contributed by atoms with Crippen molar-refractivity contribution in [1.82, 2.24) is 20.4 Å². The fourth-order valence-electron chi connectivity index (χ4n) is 3.36. The molecule has 0 aromatic rings. The van der Waals surface area contributed by atoms with E-state index in [-0.39, 0.29) is 41.9 Å². The highest BCUT2D eigenvalue weighted by molar-refractivity contribution is 5.84. The lowest BCUT2D eigenvalue weighted by atomic mass is 9.98. The van der Waals surface area contributed by atoms with Gasteiger partial charge in [-0.15, -0.1) is 0 Å². The van der Waals surface area contributed by atoms with Crippen molar-refractivity contribution in [1.29, 1.82) is 0 Å². The van der Waals surface area contributed by atoms with Gasteiger partial charge in [0.15, 0.2) is 0 Å². The Kier molecular flexibility index (Phi) is 9.06. The van der Waals surface area contributed by atoms with Crippen LogP contribution in [0.25, 0.3) is 0 Å². The van der Waals surface area contributed by atoms with E-state index < -0.39 is 0 Å². The number of nitrogens with zero attached hydrogens (tertiary/aromatic N) is 2. The van der Waals surface area contributed by atoms with E-state index in [1.54, 1.807) is 0 Å². The van der Waals surface area contributed by atoms with E-state index in [0.717, 1.165) is 25.7 Å². The summed E-state index contributed by atoms with van der Waals surface area (Å²) >= 11 is 0. The third-order valence-electron chi connectivity index (χ3n) is 4.99. The molecule has 0 radical (unpaired) electrons. The number of carbonyl (C=O) groups excluding carboxylic acids is 3. The minimum atomic E-state index is -0.318. The lowest BCUT2D eigenvalue weighted by molar-refractivity contribution is -0.136. The Bertz CT molecular complexity index is 504. The van der Waals surface area contributed by atoms with Gasteiger partial charge in [-0.25, -0.2) is 4.79 Å². The number of piperidine rings is 1. The van der Waals surface area contributed by atoms with Crippen LogP contribution in [-0.4, -0.2) is 65.4 Å². The van der Waals surface area contributed by atoms with Crippen molar-refractivity contribution < 1.29 is 14.4 Å². The summed E-state index contributed by atoms with van der Waals surface area (Å²) in [6.07, 6.45) is 3.24.